The number of benzene rings is 1. The molecular weight excluding hydrogens is 354 g/mol. The molecule has 0 radical (unpaired) electrons. The van der Waals surface area contributed by atoms with Gasteiger partial charge in [-0.2, -0.15) is 0 Å². The molecule has 3 aliphatic rings. The fourth-order valence-corrected chi connectivity index (χ4v) is 4.94. The molecule has 2 fully saturated rings. The maximum absolute atomic E-state index is 12.9. The van der Waals surface area contributed by atoms with Gasteiger partial charge >= 0.3 is 0 Å². The molecule has 6 heteroatoms. The first-order chi connectivity index (χ1) is 13.7. The summed E-state index contributed by atoms with van der Waals surface area (Å²) in [6, 6.07) is 4.81. The summed E-state index contributed by atoms with van der Waals surface area (Å²) in [6.45, 7) is 6.63. The lowest BCUT2D eigenvalue weighted by molar-refractivity contribution is -0.133. The Kier molecular flexibility index (Phi) is 6.07. The molecule has 0 unspecified atom stereocenters. The van der Waals surface area contributed by atoms with Gasteiger partial charge in [0.2, 0.25) is 5.91 Å². The van der Waals surface area contributed by atoms with E-state index in [1.54, 1.807) is 14.2 Å². The van der Waals surface area contributed by atoms with E-state index < -0.39 is 0 Å². The third-order valence-corrected chi connectivity index (χ3v) is 6.64. The molecule has 0 saturated carbocycles. The van der Waals surface area contributed by atoms with Crippen molar-refractivity contribution < 1.29 is 14.3 Å². The largest absolute Gasteiger partial charge is 0.493 e. The van der Waals surface area contributed by atoms with Crippen molar-refractivity contribution >= 4 is 5.91 Å². The van der Waals surface area contributed by atoms with Gasteiger partial charge in [-0.1, -0.05) is 0 Å². The molecule has 6 nitrogen and oxygen atoms in total. The lowest BCUT2D eigenvalue weighted by Gasteiger charge is -2.37. The van der Waals surface area contributed by atoms with Crippen molar-refractivity contribution in [1.29, 1.82) is 0 Å². The number of fused-ring (bicyclic) bond motifs is 1. The van der Waals surface area contributed by atoms with Crippen LogP contribution < -0.4 is 9.47 Å². The molecule has 2 saturated heterocycles. The van der Waals surface area contributed by atoms with Crippen LogP contribution in [-0.2, 0) is 17.8 Å². The van der Waals surface area contributed by atoms with E-state index in [1.165, 1.54) is 49.9 Å². The number of piperidine rings is 1. The summed E-state index contributed by atoms with van der Waals surface area (Å²) in [5, 5.41) is 0. The number of hydrogen-bond donors (Lipinski definition) is 0. The topological polar surface area (TPSA) is 45.3 Å². The van der Waals surface area contributed by atoms with E-state index in [9.17, 15) is 4.79 Å². The third kappa shape index (κ3) is 4.13. The first-order valence-corrected chi connectivity index (χ1v) is 10.7. The van der Waals surface area contributed by atoms with Gasteiger partial charge < -0.3 is 19.3 Å². The van der Waals surface area contributed by atoms with Gasteiger partial charge in [-0.25, -0.2) is 0 Å². The zero-order valence-electron chi connectivity index (χ0n) is 17.3. The maximum Gasteiger partial charge on any atom is 0.237 e. The summed E-state index contributed by atoms with van der Waals surface area (Å²) >= 11 is 0. The summed E-state index contributed by atoms with van der Waals surface area (Å²) in [6.07, 6.45) is 5.98. The van der Waals surface area contributed by atoms with Crippen LogP contribution >= 0.6 is 0 Å². The molecule has 4 rings (SSSR count). The molecule has 0 aromatic heterocycles. The van der Waals surface area contributed by atoms with Crippen molar-refractivity contribution in [2.45, 2.75) is 44.7 Å². The van der Waals surface area contributed by atoms with Gasteiger partial charge in [0.25, 0.3) is 0 Å². The number of methoxy groups -OCH3 is 2. The van der Waals surface area contributed by atoms with Crippen LogP contribution in [-0.4, -0.2) is 80.1 Å². The van der Waals surface area contributed by atoms with Crippen LogP contribution in [0.2, 0.25) is 0 Å². The zero-order chi connectivity index (χ0) is 19.5. The minimum absolute atomic E-state index is 0.250. The number of likely N-dealkylation sites (tertiary alicyclic amines) is 2. The summed E-state index contributed by atoms with van der Waals surface area (Å²) in [5.41, 5.74) is 2.43. The average molecular weight is 388 g/mol. The highest BCUT2D eigenvalue weighted by molar-refractivity contribution is 5.78. The molecule has 3 aliphatic heterocycles. The van der Waals surface area contributed by atoms with E-state index in [-0.39, 0.29) is 5.91 Å². The Morgan fingerprint density at radius 2 is 1.61 bits per heavy atom. The van der Waals surface area contributed by atoms with Crippen molar-refractivity contribution in [3.63, 3.8) is 0 Å². The number of carbonyl (C=O) groups excluding carboxylic acids is 1. The van der Waals surface area contributed by atoms with Crippen LogP contribution in [0.5, 0.6) is 11.5 Å². The van der Waals surface area contributed by atoms with Crippen molar-refractivity contribution in [1.82, 2.24) is 14.7 Å². The number of ether oxygens (including phenoxy) is 2. The average Bonchev–Trinajstić information content (AvgIpc) is 3.27. The summed E-state index contributed by atoms with van der Waals surface area (Å²) in [4.78, 5) is 19.9. The van der Waals surface area contributed by atoms with Crippen molar-refractivity contribution in [3.8, 4) is 11.5 Å². The Morgan fingerprint density at radius 1 is 0.964 bits per heavy atom. The number of rotatable bonds is 5. The number of hydrogen-bond acceptors (Lipinski definition) is 5. The number of nitrogens with zero attached hydrogens (tertiary/aromatic N) is 3. The highest BCUT2D eigenvalue weighted by Crippen LogP contribution is 2.33. The maximum atomic E-state index is 12.9. The van der Waals surface area contributed by atoms with Crippen LogP contribution in [0, 0.1) is 0 Å². The second-order valence-electron chi connectivity index (χ2n) is 8.29. The predicted octanol–water partition coefficient (Wildman–Crippen LogP) is 2.15. The zero-order valence-corrected chi connectivity index (χ0v) is 17.3. The highest BCUT2D eigenvalue weighted by atomic mass is 16.5. The second kappa shape index (κ2) is 8.70. The van der Waals surface area contributed by atoms with Crippen LogP contribution in [0.25, 0.3) is 0 Å². The van der Waals surface area contributed by atoms with Gasteiger partial charge in [0, 0.05) is 32.2 Å². The smallest absolute Gasteiger partial charge is 0.237 e. The molecule has 0 bridgehead atoms. The monoisotopic (exact) mass is 387 g/mol. The lowest BCUT2D eigenvalue weighted by Crippen LogP contribution is -2.48. The van der Waals surface area contributed by atoms with Gasteiger partial charge in [0.1, 0.15) is 0 Å². The van der Waals surface area contributed by atoms with Gasteiger partial charge in [0.15, 0.2) is 11.5 Å². The summed E-state index contributed by atoms with van der Waals surface area (Å²) in [7, 11) is 3.32. The highest BCUT2D eigenvalue weighted by Gasteiger charge is 2.29. The van der Waals surface area contributed by atoms with Crippen LogP contribution in [0.4, 0.5) is 0 Å². The van der Waals surface area contributed by atoms with Crippen LogP contribution in [0.15, 0.2) is 12.1 Å². The van der Waals surface area contributed by atoms with E-state index in [1.807, 2.05) is 11.0 Å². The first kappa shape index (κ1) is 19.5. The van der Waals surface area contributed by atoms with Crippen molar-refractivity contribution in [2.75, 3.05) is 53.5 Å². The Hall–Kier alpha value is -1.79. The molecule has 154 valence electrons. The quantitative estimate of drug-likeness (QED) is 0.775. The molecule has 0 N–H and O–H groups in total. The van der Waals surface area contributed by atoms with E-state index in [4.69, 9.17) is 9.47 Å². The summed E-state index contributed by atoms with van der Waals surface area (Å²) in [5.74, 6) is 1.75. The van der Waals surface area contributed by atoms with Gasteiger partial charge in [0.05, 0.1) is 20.8 Å². The van der Waals surface area contributed by atoms with E-state index >= 15 is 0 Å². The normalized spacial score (nSPS) is 21.6. The van der Waals surface area contributed by atoms with Crippen molar-refractivity contribution in [2.24, 2.45) is 0 Å². The molecule has 3 heterocycles. The van der Waals surface area contributed by atoms with Crippen molar-refractivity contribution in [3.05, 3.63) is 23.3 Å². The minimum atomic E-state index is 0.250. The second-order valence-corrected chi connectivity index (χ2v) is 8.29. The molecule has 1 aromatic carbocycles. The molecule has 0 atom stereocenters. The Balaban J connectivity index is 1.31. The van der Waals surface area contributed by atoms with Gasteiger partial charge in [-0.15, -0.1) is 0 Å². The van der Waals surface area contributed by atoms with Crippen LogP contribution in [0.3, 0.4) is 0 Å². The standard InChI is InChI=1S/C22H33N3O3/c1-27-20-13-17-5-12-25(15-18(17)14-21(20)28-2)22(26)16-23-10-6-19(7-11-23)24-8-3-4-9-24/h13-14,19H,3-12,15-16H2,1-2H3. The first-order valence-electron chi connectivity index (χ1n) is 10.7. The Morgan fingerprint density at radius 3 is 2.25 bits per heavy atom. The lowest BCUT2D eigenvalue weighted by atomic mass is 9.98. The molecule has 0 aliphatic carbocycles. The fourth-order valence-electron chi connectivity index (χ4n) is 4.94. The SMILES string of the molecule is COc1cc2c(cc1OC)CN(C(=O)CN1CCC(N3CCCC3)CC1)CC2. The molecular formula is C22H33N3O3. The van der Waals surface area contributed by atoms with Gasteiger partial charge in [-0.05, 0) is 68.5 Å². The van der Waals surface area contributed by atoms with Crippen LogP contribution in [0.1, 0.15) is 36.8 Å². The fraction of sp³-hybridized carbons (Fsp3) is 0.682. The number of carbonyl (C=O) groups is 1. The molecule has 1 amide bonds. The minimum Gasteiger partial charge on any atom is -0.493 e. The Labute approximate surface area is 168 Å². The van der Waals surface area contributed by atoms with E-state index in [0.29, 0.717) is 13.1 Å². The third-order valence-electron chi connectivity index (χ3n) is 6.64. The van der Waals surface area contributed by atoms with E-state index in [2.05, 4.69) is 15.9 Å². The molecule has 0 spiro atoms. The van der Waals surface area contributed by atoms with Gasteiger partial charge in [-0.3, -0.25) is 9.69 Å². The predicted molar refractivity (Wildman–Crippen MR) is 109 cm³/mol. The summed E-state index contributed by atoms with van der Waals surface area (Å²) < 4.78 is 10.8. The molecule has 28 heavy (non-hydrogen) atoms. The van der Waals surface area contributed by atoms with E-state index in [0.717, 1.165) is 43.6 Å². The molecule has 1 aromatic rings. The number of amides is 1. The Bertz CT molecular complexity index is 695.